The highest BCUT2D eigenvalue weighted by atomic mass is 35.5. The van der Waals surface area contributed by atoms with Crippen LogP contribution in [-0.4, -0.2) is 29.9 Å². The third-order valence-electron chi connectivity index (χ3n) is 7.23. The number of hydrogen-bond acceptors (Lipinski definition) is 8. The molecule has 3 aromatic carbocycles. The first-order valence-electron chi connectivity index (χ1n) is 15.2. The number of nitrogens with zero attached hydrogens (tertiary/aromatic N) is 2. The molecule has 1 aliphatic heterocycles. The van der Waals surface area contributed by atoms with Gasteiger partial charge in [0.05, 0.1) is 40.1 Å². The van der Waals surface area contributed by atoms with Crippen molar-refractivity contribution in [3.05, 3.63) is 119 Å². The molecule has 46 heavy (non-hydrogen) atoms. The van der Waals surface area contributed by atoms with E-state index in [-0.39, 0.29) is 23.8 Å². The molecule has 5 rings (SSSR count). The Hall–Kier alpha value is -4.34. The first-order valence-corrected chi connectivity index (χ1v) is 16.4. The summed E-state index contributed by atoms with van der Waals surface area (Å²) in [5, 5.41) is 0.357. The summed E-state index contributed by atoms with van der Waals surface area (Å²) in [5.74, 6) is 0.943. The van der Waals surface area contributed by atoms with Crippen LogP contribution >= 0.6 is 22.9 Å². The number of thiazole rings is 1. The van der Waals surface area contributed by atoms with Crippen LogP contribution in [0.2, 0.25) is 5.02 Å². The quantitative estimate of drug-likeness (QED) is 0.170. The number of fused-ring (bicyclic) bond motifs is 1. The van der Waals surface area contributed by atoms with Gasteiger partial charge in [-0.2, -0.15) is 0 Å². The van der Waals surface area contributed by atoms with Crippen molar-refractivity contribution in [2.75, 3.05) is 13.2 Å². The molecule has 0 bridgehead atoms. The van der Waals surface area contributed by atoms with E-state index in [0.29, 0.717) is 61.6 Å². The summed E-state index contributed by atoms with van der Waals surface area (Å²) in [6, 6.07) is 18.2. The topological polar surface area (TPSA) is 88.4 Å². The first kappa shape index (κ1) is 33.0. The van der Waals surface area contributed by atoms with Gasteiger partial charge in [0.15, 0.2) is 16.3 Å². The lowest BCUT2D eigenvalue weighted by atomic mass is 9.95. The van der Waals surface area contributed by atoms with Crippen molar-refractivity contribution in [2.45, 2.75) is 60.3 Å². The number of allylic oxidation sites excluding steroid dienone is 1. The predicted octanol–water partition coefficient (Wildman–Crippen LogP) is 6.53. The Bertz CT molecular complexity index is 1960. The maximum Gasteiger partial charge on any atom is 0.338 e. The molecule has 0 amide bonds. The van der Waals surface area contributed by atoms with Gasteiger partial charge in [-0.3, -0.25) is 9.36 Å². The van der Waals surface area contributed by atoms with Gasteiger partial charge < -0.3 is 18.9 Å². The van der Waals surface area contributed by atoms with E-state index in [1.165, 1.54) is 11.3 Å². The normalized spacial score (nSPS) is 14.6. The number of benzene rings is 3. The fourth-order valence-electron chi connectivity index (χ4n) is 5.22. The Balaban J connectivity index is 1.61. The molecule has 0 saturated carbocycles. The second kappa shape index (κ2) is 14.4. The van der Waals surface area contributed by atoms with E-state index < -0.39 is 12.0 Å². The molecular formula is C36H37ClN2O6S. The average molecular weight is 661 g/mol. The van der Waals surface area contributed by atoms with Gasteiger partial charge >= 0.3 is 5.97 Å². The molecule has 1 aromatic heterocycles. The molecule has 0 unspecified atom stereocenters. The number of para-hydroxylation sites is 1. The largest absolute Gasteiger partial charge is 0.491 e. The number of halogens is 1. The fourth-order valence-corrected chi connectivity index (χ4v) is 6.54. The van der Waals surface area contributed by atoms with Crippen LogP contribution in [0.3, 0.4) is 0 Å². The van der Waals surface area contributed by atoms with Crippen LogP contribution in [0, 0.1) is 6.92 Å². The first-order chi connectivity index (χ1) is 22.1. The minimum Gasteiger partial charge on any atom is -0.491 e. The van der Waals surface area contributed by atoms with Crippen molar-refractivity contribution in [1.82, 2.24) is 4.57 Å². The molecule has 0 radical (unpaired) electrons. The fraction of sp³-hybridized carbons (Fsp3) is 0.306. The summed E-state index contributed by atoms with van der Waals surface area (Å²) in [7, 11) is 0. The van der Waals surface area contributed by atoms with E-state index in [2.05, 4.69) is 4.99 Å². The SMILES string of the molecule is CCOC(=O)C1=C(C)N=c2s/c(=C/c3cc(Cl)c(OCc4ccc(C)cc4)c(OCC)c3)c(=O)n2[C@H]1c1ccccc1OC(C)C. The molecule has 1 aliphatic rings. The Kier molecular flexibility index (Phi) is 10.3. The zero-order valence-electron chi connectivity index (χ0n) is 26.8. The highest BCUT2D eigenvalue weighted by molar-refractivity contribution is 7.07. The van der Waals surface area contributed by atoms with Crippen LogP contribution in [-0.2, 0) is 16.1 Å². The molecule has 4 aromatic rings. The van der Waals surface area contributed by atoms with Gasteiger partial charge in [-0.05, 0) is 76.9 Å². The molecule has 240 valence electrons. The monoisotopic (exact) mass is 660 g/mol. The number of rotatable bonds is 11. The van der Waals surface area contributed by atoms with E-state index in [1.807, 2.05) is 76.2 Å². The van der Waals surface area contributed by atoms with Crippen LogP contribution in [0.5, 0.6) is 17.2 Å². The number of aromatic nitrogens is 1. The molecule has 2 heterocycles. The Morgan fingerprint density at radius 3 is 2.46 bits per heavy atom. The summed E-state index contributed by atoms with van der Waals surface area (Å²) < 4.78 is 25.5. The number of carbonyl (C=O) groups excluding carboxylic acids is 1. The van der Waals surface area contributed by atoms with Crippen molar-refractivity contribution in [1.29, 1.82) is 0 Å². The van der Waals surface area contributed by atoms with Crippen molar-refractivity contribution < 1.29 is 23.7 Å². The zero-order chi connectivity index (χ0) is 33.0. The summed E-state index contributed by atoms with van der Waals surface area (Å²) in [4.78, 5) is 32.7. The van der Waals surface area contributed by atoms with Gasteiger partial charge in [-0.25, -0.2) is 9.79 Å². The minimum absolute atomic E-state index is 0.124. The van der Waals surface area contributed by atoms with Crippen LogP contribution in [0.1, 0.15) is 62.9 Å². The third kappa shape index (κ3) is 7.06. The summed E-state index contributed by atoms with van der Waals surface area (Å²) >= 11 is 7.97. The van der Waals surface area contributed by atoms with Crippen LogP contribution in [0.15, 0.2) is 81.7 Å². The average Bonchev–Trinajstić information content (AvgIpc) is 3.31. The minimum atomic E-state index is -0.799. The Labute approximate surface area is 277 Å². The summed E-state index contributed by atoms with van der Waals surface area (Å²) in [6.45, 7) is 12.2. The van der Waals surface area contributed by atoms with E-state index in [1.54, 1.807) is 36.6 Å². The lowest BCUT2D eigenvalue weighted by Gasteiger charge is -2.26. The van der Waals surface area contributed by atoms with Gasteiger partial charge in [0.25, 0.3) is 5.56 Å². The molecule has 10 heteroatoms. The van der Waals surface area contributed by atoms with Crippen molar-refractivity contribution >= 4 is 35.0 Å². The molecular weight excluding hydrogens is 624 g/mol. The standard InChI is InChI=1S/C36H37ClN2O6S/c1-7-42-29-18-25(17-27(37)33(29)44-20-24-15-13-22(5)14-16-24)19-30-34(40)39-32(26-11-9-10-12-28(26)45-21(3)4)31(35(41)43-8-2)23(6)38-36(39)46-30/h9-19,21,32H,7-8,20H2,1-6H3/b30-19+/t32-/m0/s1. The highest BCUT2D eigenvalue weighted by Gasteiger charge is 2.35. The van der Waals surface area contributed by atoms with Gasteiger partial charge in [-0.15, -0.1) is 0 Å². The molecule has 0 aliphatic carbocycles. The highest BCUT2D eigenvalue weighted by Crippen LogP contribution is 2.38. The Morgan fingerprint density at radius 1 is 1.02 bits per heavy atom. The van der Waals surface area contributed by atoms with Crippen LogP contribution in [0.4, 0.5) is 0 Å². The second-order valence-electron chi connectivity index (χ2n) is 11.0. The van der Waals surface area contributed by atoms with Gasteiger partial charge in [0.1, 0.15) is 18.4 Å². The number of aryl methyl sites for hydroxylation is 1. The van der Waals surface area contributed by atoms with Gasteiger partial charge in [0, 0.05) is 5.56 Å². The van der Waals surface area contributed by atoms with E-state index in [9.17, 15) is 9.59 Å². The predicted molar refractivity (Wildman–Crippen MR) is 181 cm³/mol. The van der Waals surface area contributed by atoms with E-state index in [4.69, 9.17) is 30.5 Å². The lowest BCUT2D eigenvalue weighted by molar-refractivity contribution is -0.139. The molecule has 0 N–H and O–H groups in total. The summed E-state index contributed by atoms with van der Waals surface area (Å²) in [6.07, 6.45) is 1.63. The zero-order valence-corrected chi connectivity index (χ0v) is 28.3. The van der Waals surface area contributed by atoms with Crippen molar-refractivity contribution in [3.63, 3.8) is 0 Å². The van der Waals surface area contributed by atoms with Gasteiger partial charge in [-0.1, -0.05) is 71.0 Å². The number of carbonyl (C=O) groups is 1. The van der Waals surface area contributed by atoms with Crippen molar-refractivity contribution in [3.8, 4) is 17.2 Å². The number of esters is 1. The third-order valence-corrected chi connectivity index (χ3v) is 8.49. The smallest absolute Gasteiger partial charge is 0.338 e. The van der Waals surface area contributed by atoms with E-state index >= 15 is 0 Å². The second-order valence-corrected chi connectivity index (χ2v) is 12.5. The van der Waals surface area contributed by atoms with E-state index in [0.717, 1.165) is 11.1 Å². The van der Waals surface area contributed by atoms with Crippen molar-refractivity contribution in [2.24, 2.45) is 4.99 Å². The molecule has 8 nitrogen and oxygen atoms in total. The molecule has 0 saturated heterocycles. The number of ether oxygens (including phenoxy) is 4. The maximum atomic E-state index is 14.2. The number of hydrogen-bond donors (Lipinski definition) is 0. The van der Waals surface area contributed by atoms with Gasteiger partial charge in [0.2, 0.25) is 0 Å². The Morgan fingerprint density at radius 2 is 1.76 bits per heavy atom. The lowest BCUT2D eigenvalue weighted by Crippen LogP contribution is -2.40. The maximum absolute atomic E-state index is 14.2. The van der Waals surface area contributed by atoms with Crippen LogP contribution < -0.4 is 29.1 Å². The molecule has 0 fully saturated rings. The van der Waals surface area contributed by atoms with Crippen LogP contribution in [0.25, 0.3) is 6.08 Å². The summed E-state index contributed by atoms with van der Waals surface area (Å²) in [5.41, 5.74) is 3.95. The molecule has 0 spiro atoms. The molecule has 1 atom stereocenters.